The zero-order chi connectivity index (χ0) is 12.2. The number of unbranched alkanes of at least 4 members (excludes halogenated alkanes) is 1. The highest BCUT2D eigenvalue weighted by Crippen LogP contribution is 2.18. The zero-order valence-corrected chi connectivity index (χ0v) is 10.7. The topological polar surface area (TPSA) is 66.5 Å². The molecular weight excluding hydrogens is 228 g/mol. The Balaban J connectivity index is 2.44. The minimum absolute atomic E-state index is 0.0463. The predicted octanol–water partition coefficient (Wildman–Crippen LogP) is 0.327. The van der Waals surface area contributed by atoms with Gasteiger partial charge in [0.25, 0.3) is 0 Å². The van der Waals surface area contributed by atoms with Crippen molar-refractivity contribution in [3.05, 3.63) is 0 Å². The molecule has 16 heavy (non-hydrogen) atoms. The van der Waals surface area contributed by atoms with Crippen LogP contribution in [0.25, 0.3) is 0 Å². The minimum atomic E-state index is -3.28. The second-order valence-corrected chi connectivity index (χ2v) is 6.27. The van der Waals surface area contributed by atoms with E-state index in [2.05, 4.69) is 5.32 Å². The summed E-state index contributed by atoms with van der Waals surface area (Å²) in [6.07, 6.45) is 4.87. The lowest BCUT2D eigenvalue weighted by atomic mass is 10.3. The standard InChI is InChI=1S/C10H20N2O3S/c1-3-4-7-12(16(2,14)15)8-10(13)11-9-5-6-9/h9H,3-8H2,1-2H3,(H,11,13). The first kappa shape index (κ1) is 13.4. The molecule has 1 N–H and O–H groups in total. The van der Waals surface area contributed by atoms with Gasteiger partial charge >= 0.3 is 0 Å². The number of rotatable bonds is 7. The number of nitrogens with zero attached hydrogens (tertiary/aromatic N) is 1. The Hall–Kier alpha value is -0.620. The highest BCUT2D eigenvalue weighted by atomic mass is 32.2. The van der Waals surface area contributed by atoms with E-state index in [4.69, 9.17) is 0 Å². The number of sulfonamides is 1. The molecule has 0 aliphatic heterocycles. The molecule has 0 aromatic heterocycles. The largest absolute Gasteiger partial charge is 0.352 e. The van der Waals surface area contributed by atoms with Gasteiger partial charge in [0, 0.05) is 12.6 Å². The van der Waals surface area contributed by atoms with Crippen molar-refractivity contribution in [2.45, 2.75) is 38.6 Å². The van der Waals surface area contributed by atoms with E-state index in [1.807, 2.05) is 6.92 Å². The Bertz CT molecular complexity index is 336. The van der Waals surface area contributed by atoms with Gasteiger partial charge in [0.2, 0.25) is 15.9 Å². The van der Waals surface area contributed by atoms with E-state index in [1.54, 1.807) is 0 Å². The number of carbonyl (C=O) groups excluding carboxylic acids is 1. The summed E-state index contributed by atoms with van der Waals surface area (Å²) in [4.78, 5) is 11.5. The first-order valence-electron chi connectivity index (χ1n) is 5.68. The fraction of sp³-hybridized carbons (Fsp3) is 0.900. The number of carbonyl (C=O) groups is 1. The molecule has 0 unspecified atom stereocenters. The summed E-state index contributed by atoms with van der Waals surface area (Å²) >= 11 is 0. The average molecular weight is 248 g/mol. The second kappa shape index (κ2) is 5.63. The second-order valence-electron chi connectivity index (χ2n) is 4.29. The van der Waals surface area contributed by atoms with Crippen molar-refractivity contribution in [1.82, 2.24) is 9.62 Å². The van der Waals surface area contributed by atoms with E-state index < -0.39 is 10.0 Å². The van der Waals surface area contributed by atoms with Crippen LogP contribution in [0.1, 0.15) is 32.6 Å². The lowest BCUT2D eigenvalue weighted by Crippen LogP contribution is -2.41. The summed E-state index contributed by atoms with van der Waals surface area (Å²) in [5.41, 5.74) is 0. The van der Waals surface area contributed by atoms with E-state index in [9.17, 15) is 13.2 Å². The lowest BCUT2D eigenvalue weighted by Gasteiger charge is -2.18. The summed E-state index contributed by atoms with van der Waals surface area (Å²) in [7, 11) is -3.28. The molecule has 0 atom stereocenters. The fourth-order valence-corrected chi connectivity index (χ4v) is 2.17. The highest BCUT2D eigenvalue weighted by molar-refractivity contribution is 7.88. The van der Waals surface area contributed by atoms with Crippen molar-refractivity contribution in [1.29, 1.82) is 0 Å². The van der Waals surface area contributed by atoms with Crippen LogP contribution in [-0.2, 0) is 14.8 Å². The van der Waals surface area contributed by atoms with Gasteiger partial charge in [-0.3, -0.25) is 4.79 Å². The molecule has 94 valence electrons. The van der Waals surface area contributed by atoms with Crippen molar-refractivity contribution in [3.63, 3.8) is 0 Å². The van der Waals surface area contributed by atoms with Crippen LogP contribution in [-0.4, -0.2) is 44.0 Å². The Morgan fingerprint density at radius 3 is 2.50 bits per heavy atom. The third kappa shape index (κ3) is 4.94. The molecule has 0 bridgehead atoms. The van der Waals surface area contributed by atoms with Crippen molar-refractivity contribution >= 4 is 15.9 Å². The van der Waals surface area contributed by atoms with Gasteiger partial charge in [-0.25, -0.2) is 8.42 Å². The van der Waals surface area contributed by atoms with E-state index in [0.717, 1.165) is 31.9 Å². The summed E-state index contributed by atoms with van der Waals surface area (Å²) < 4.78 is 24.1. The third-order valence-electron chi connectivity index (χ3n) is 2.49. The molecule has 6 heteroatoms. The van der Waals surface area contributed by atoms with Gasteiger partial charge < -0.3 is 5.32 Å². The Morgan fingerprint density at radius 2 is 2.06 bits per heavy atom. The van der Waals surface area contributed by atoms with E-state index in [1.165, 1.54) is 4.31 Å². The maximum atomic E-state index is 11.5. The molecule has 0 aromatic carbocycles. The number of amides is 1. The van der Waals surface area contributed by atoms with Crippen LogP contribution in [0.15, 0.2) is 0 Å². The summed E-state index contributed by atoms with van der Waals surface area (Å²) in [6, 6.07) is 0.278. The van der Waals surface area contributed by atoms with Gasteiger partial charge in [0.1, 0.15) is 0 Å². The van der Waals surface area contributed by atoms with Crippen LogP contribution in [0.5, 0.6) is 0 Å². The molecule has 0 heterocycles. The van der Waals surface area contributed by atoms with E-state index >= 15 is 0 Å². The van der Waals surface area contributed by atoms with Crippen LogP contribution in [0, 0.1) is 0 Å². The van der Waals surface area contributed by atoms with Crippen LogP contribution in [0.4, 0.5) is 0 Å². The van der Waals surface area contributed by atoms with Gasteiger partial charge in [-0.2, -0.15) is 4.31 Å². The molecule has 1 fully saturated rings. The quantitative estimate of drug-likeness (QED) is 0.706. The molecule has 1 rings (SSSR count). The van der Waals surface area contributed by atoms with Crippen molar-refractivity contribution < 1.29 is 13.2 Å². The van der Waals surface area contributed by atoms with Gasteiger partial charge in [-0.15, -0.1) is 0 Å². The molecule has 0 spiro atoms. The smallest absolute Gasteiger partial charge is 0.235 e. The third-order valence-corrected chi connectivity index (χ3v) is 3.74. The normalized spacial score (nSPS) is 16.4. The van der Waals surface area contributed by atoms with Crippen LogP contribution >= 0.6 is 0 Å². The fourth-order valence-electron chi connectivity index (χ4n) is 1.36. The zero-order valence-electron chi connectivity index (χ0n) is 9.90. The van der Waals surface area contributed by atoms with Crippen LogP contribution < -0.4 is 5.32 Å². The number of hydrogen-bond donors (Lipinski definition) is 1. The molecule has 1 amide bonds. The van der Waals surface area contributed by atoms with Crippen LogP contribution in [0.2, 0.25) is 0 Å². The molecule has 0 saturated heterocycles. The summed E-state index contributed by atoms with van der Waals surface area (Å²) in [5.74, 6) is -0.191. The number of hydrogen-bond acceptors (Lipinski definition) is 3. The van der Waals surface area contributed by atoms with Crippen molar-refractivity contribution in [2.24, 2.45) is 0 Å². The Labute approximate surface area is 97.2 Å². The van der Waals surface area contributed by atoms with Crippen molar-refractivity contribution in [3.8, 4) is 0 Å². The highest BCUT2D eigenvalue weighted by Gasteiger charge is 2.26. The average Bonchev–Trinajstić information content (AvgIpc) is 2.94. The Morgan fingerprint density at radius 1 is 1.44 bits per heavy atom. The Kier molecular flexibility index (Phi) is 4.73. The van der Waals surface area contributed by atoms with Gasteiger partial charge in [0.05, 0.1) is 12.8 Å². The molecular formula is C10H20N2O3S. The van der Waals surface area contributed by atoms with Gasteiger partial charge in [-0.05, 0) is 19.3 Å². The van der Waals surface area contributed by atoms with Crippen LogP contribution in [0.3, 0.4) is 0 Å². The van der Waals surface area contributed by atoms with E-state index in [0.29, 0.717) is 6.54 Å². The van der Waals surface area contributed by atoms with Gasteiger partial charge in [-0.1, -0.05) is 13.3 Å². The lowest BCUT2D eigenvalue weighted by molar-refractivity contribution is -0.121. The SMILES string of the molecule is CCCCN(CC(=O)NC1CC1)S(C)(=O)=O. The van der Waals surface area contributed by atoms with Gasteiger partial charge in [0.15, 0.2) is 0 Å². The number of nitrogens with one attached hydrogen (secondary N) is 1. The molecule has 1 aliphatic carbocycles. The molecule has 0 aromatic rings. The minimum Gasteiger partial charge on any atom is -0.352 e. The van der Waals surface area contributed by atoms with Crippen molar-refractivity contribution in [2.75, 3.05) is 19.3 Å². The molecule has 1 aliphatic rings. The molecule has 0 radical (unpaired) electrons. The first-order chi connectivity index (χ1) is 7.43. The predicted molar refractivity (Wildman–Crippen MR) is 62.5 cm³/mol. The summed E-state index contributed by atoms with van der Waals surface area (Å²) in [5, 5.41) is 2.79. The summed E-state index contributed by atoms with van der Waals surface area (Å²) in [6.45, 7) is 2.37. The first-order valence-corrected chi connectivity index (χ1v) is 7.52. The maximum Gasteiger partial charge on any atom is 0.235 e. The maximum absolute atomic E-state index is 11.5. The molecule has 5 nitrogen and oxygen atoms in total. The monoisotopic (exact) mass is 248 g/mol. The molecule has 1 saturated carbocycles. The van der Waals surface area contributed by atoms with E-state index in [-0.39, 0.29) is 18.5 Å².